The van der Waals surface area contributed by atoms with Crippen molar-refractivity contribution in [3.8, 4) is 17.1 Å². The van der Waals surface area contributed by atoms with Crippen molar-refractivity contribution in [2.24, 2.45) is 0 Å². The molecule has 45 heavy (non-hydrogen) atoms. The Morgan fingerprint density at radius 1 is 0.333 bits per heavy atom. The van der Waals surface area contributed by atoms with Crippen molar-refractivity contribution in [1.82, 2.24) is 18.7 Å². The zero-order valence-corrected chi connectivity index (χ0v) is 24.3. The van der Waals surface area contributed by atoms with Crippen molar-refractivity contribution < 1.29 is 0 Å². The molecule has 210 valence electrons. The average molecular weight is 575 g/mol. The van der Waals surface area contributed by atoms with Gasteiger partial charge in [0.2, 0.25) is 0 Å². The van der Waals surface area contributed by atoms with E-state index in [1.54, 1.807) is 0 Å². The van der Waals surface area contributed by atoms with E-state index >= 15 is 0 Å². The van der Waals surface area contributed by atoms with Crippen LogP contribution in [0.1, 0.15) is 0 Å². The molecule has 10 rings (SSSR count). The molecular weight excluding hydrogens is 548 g/mol. The molecule has 0 atom stereocenters. The minimum Gasteiger partial charge on any atom is -0.307 e. The normalized spacial score (nSPS) is 12.0. The van der Waals surface area contributed by atoms with Crippen molar-refractivity contribution in [1.29, 1.82) is 0 Å². The number of hydrogen-bond acceptors (Lipinski definition) is 1. The minimum atomic E-state index is 1.13. The second kappa shape index (κ2) is 9.18. The first kappa shape index (κ1) is 24.3. The van der Waals surface area contributed by atoms with E-state index in [0.29, 0.717) is 0 Å². The van der Waals surface area contributed by atoms with Gasteiger partial charge in [-0.25, -0.2) is 0 Å². The lowest BCUT2D eigenvalue weighted by Gasteiger charge is -2.15. The van der Waals surface area contributed by atoms with Gasteiger partial charge in [-0.1, -0.05) is 97.1 Å². The number of pyridine rings is 1. The summed E-state index contributed by atoms with van der Waals surface area (Å²) in [7, 11) is 0. The third-order valence-electron chi connectivity index (χ3n) is 9.31. The highest BCUT2D eigenvalue weighted by molar-refractivity contribution is 6.24. The summed E-state index contributed by atoms with van der Waals surface area (Å²) in [4.78, 5) is 4.55. The number of aromatic nitrogens is 4. The molecule has 0 unspecified atom stereocenters. The molecule has 6 aromatic carbocycles. The predicted molar refractivity (Wildman–Crippen MR) is 187 cm³/mol. The number of benzene rings is 6. The van der Waals surface area contributed by atoms with Gasteiger partial charge >= 0.3 is 0 Å². The van der Waals surface area contributed by atoms with E-state index in [1.807, 2.05) is 12.4 Å². The maximum Gasteiger partial charge on any atom is 0.0789 e. The lowest BCUT2D eigenvalue weighted by molar-refractivity contribution is 1.12. The van der Waals surface area contributed by atoms with Gasteiger partial charge in [0.15, 0.2) is 0 Å². The second-order valence-corrected chi connectivity index (χ2v) is 11.6. The van der Waals surface area contributed by atoms with Crippen LogP contribution in [0, 0.1) is 0 Å². The van der Waals surface area contributed by atoms with Crippen LogP contribution in [0.4, 0.5) is 0 Å². The molecule has 0 fully saturated rings. The van der Waals surface area contributed by atoms with Crippen molar-refractivity contribution in [3.05, 3.63) is 158 Å². The minimum absolute atomic E-state index is 1.13. The Bertz CT molecular complexity index is 2750. The highest BCUT2D eigenvalue weighted by atomic mass is 15.1. The Morgan fingerprint density at radius 3 is 1.49 bits per heavy atom. The highest BCUT2D eigenvalue weighted by Gasteiger charge is 2.23. The molecule has 0 aliphatic rings. The summed E-state index contributed by atoms with van der Waals surface area (Å²) in [6.07, 6.45) is 3.89. The van der Waals surface area contributed by atoms with Gasteiger partial charge in [-0.3, -0.25) is 4.98 Å². The summed E-state index contributed by atoms with van der Waals surface area (Å²) in [6.45, 7) is 0. The molecule has 4 heterocycles. The molecule has 0 radical (unpaired) electrons. The molecular formula is C41H26N4. The number of nitrogens with zero attached hydrogens (tertiary/aromatic N) is 4. The number of fused-ring (bicyclic) bond motifs is 10. The van der Waals surface area contributed by atoms with Gasteiger partial charge in [-0.15, -0.1) is 0 Å². The van der Waals surface area contributed by atoms with Crippen LogP contribution < -0.4 is 0 Å². The Morgan fingerprint density at radius 2 is 0.822 bits per heavy atom. The Hall–Kier alpha value is -6.13. The van der Waals surface area contributed by atoms with Crippen LogP contribution in [0.2, 0.25) is 0 Å². The third kappa shape index (κ3) is 3.28. The van der Waals surface area contributed by atoms with Gasteiger partial charge in [-0.05, 0) is 48.5 Å². The molecule has 4 heteroatoms. The van der Waals surface area contributed by atoms with E-state index in [9.17, 15) is 0 Å². The zero-order chi connectivity index (χ0) is 29.5. The van der Waals surface area contributed by atoms with Gasteiger partial charge in [0, 0.05) is 56.1 Å². The molecule has 0 saturated carbocycles. The van der Waals surface area contributed by atoms with Gasteiger partial charge < -0.3 is 13.7 Å². The number of rotatable bonds is 3. The molecule has 0 spiro atoms. The molecule has 10 aromatic rings. The molecule has 0 saturated heterocycles. The van der Waals surface area contributed by atoms with Crippen molar-refractivity contribution in [2.75, 3.05) is 0 Å². The summed E-state index contributed by atoms with van der Waals surface area (Å²) in [6, 6.07) is 52.4. The van der Waals surface area contributed by atoms with E-state index < -0.39 is 0 Å². The van der Waals surface area contributed by atoms with Gasteiger partial charge in [0.05, 0.1) is 38.8 Å². The fourth-order valence-electron chi connectivity index (χ4n) is 7.52. The average Bonchev–Trinajstić information content (AvgIpc) is 3.75. The maximum absolute atomic E-state index is 4.55. The predicted octanol–water partition coefficient (Wildman–Crippen LogP) is 10.4. The number of hydrogen-bond donors (Lipinski definition) is 0. The summed E-state index contributed by atoms with van der Waals surface area (Å²) in [5.41, 5.74) is 10.5. The standard InChI is InChI=1S/C41H26N4/c1-3-12-27(13-4-1)43-37-24-25-42-26-34(37)31-18-11-21-38(39(31)43)45-36-20-10-8-17-30(36)33-23-22-32-29-16-7-9-19-35(29)44(40(32)41(33)45)28-14-5-2-6-15-28/h1-26H. The van der Waals surface area contributed by atoms with E-state index in [-0.39, 0.29) is 0 Å². The lowest BCUT2D eigenvalue weighted by atomic mass is 10.1. The molecule has 0 N–H and O–H groups in total. The summed E-state index contributed by atoms with van der Waals surface area (Å²) in [5, 5.41) is 7.28. The lowest BCUT2D eigenvalue weighted by Crippen LogP contribution is -2.02. The number of para-hydroxylation sites is 5. The van der Waals surface area contributed by atoms with Crippen LogP contribution in [0.15, 0.2) is 158 Å². The first-order valence-corrected chi connectivity index (χ1v) is 15.3. The van der Waals surface area contributed by atoms with E-state index in [4.69, 9.17) is 0 Å². The fourth-order valence-corrected chi connectivity index (χ4v) is 7.52. The third-order valence-corrected chi connectivity index (χ3v) is 9.31. The van der Waals surface area contributed by atoms with Crippen LogP contribution in [0.5, 0.6) is 0 Å². The van der Waals surface area contributed by atoms with Gasteiger partial charge in [0.25, 0.3) is 0 Å². The quantitative estimate of drug-likeness (QED) is 0.206. The first-order chi connectivity index (χ1) is 22.4. The molecule has 0 amide bonds. The van der Waals surface area contributed by atoms with Gasteiger partial charge in [0.1, 0.15) is 0 Å². The molecule has 0 aliphatic heterocycles. The van der Waals surface area contributed by atoms with E-state index in [0.717, 1.165) is 33.5 Å². The molecule has 4 nitrogen and oxygen atoms in total. The SMILES string of the molecule is c1ccc(-n2c3ccncc3c3cccc(-n4c5ccccc5c5ccc6c7ccccc7n(-c7ccccc7)c6c54)c32)cc1. The van der Waals surface area contributed by atoms with Crippen LogP contribution in [0.25, 0.3) is 82.5 Å². The smallest absolute Gasteiger partial charge is 0.0789 e. The van der Waals surface area contributed by atoms with Crippen molar-refractivity contribution in [3.63, 3.8) is 0 Å². The van der Waals surface area contributed by atoms with Crippen molar-refractivity contribution in [2.45, 2.75) is 0 Å². The summed E-state index contributed by atoms with van der Waals surface area (Å²) >= 11 is 0. The van der Waals surface area contributed by atoms with Crippen LogP contribution in [-0.4, -0.2) is 18.7 Å². The Balaban J connectivity index is 1.48. The first-order valence-electron chi connectivity index (χ1n) is 15.3. The van der Waals surface area contributed by atoms with Crippen LogP contribution in [0.3, 0.4) is 0 Å². The Kier molecular flexibility index (Phi) is 4.96. The molecule has 4 aromatic heterocycles. The Labute approximate surface area is 258 Å². The highest BCUT2D eigenvalue weighted by Crippen LogP contribution is 2.44. The van der Waals surface area contributed by atoms with Crippen LogP contribution in [-0.2, 0) is 0 Å². The second-order valence-electron chi connectivity index (χ2n) is 11.6. The van der Waals surface area contributed by atoms with Gasteiger partial charge in [-0.2, -0.15) is 0 Å². The van der Waals surface area contributed by atoms with Crippen LogP contribution >= 0.6 is 0 Å². The molecule has 0 bridgehead atoms. The summed E-state index contributed by atoms with van der Waals surface area (Å²) < 4.78 is 7.34. The summed E-state index contributed by atoms with van der Waals surface area (Å²) in [5.74, 6) is 0. The molecule has 0 aliphatic carbocycles. The zero-order valence-electron chi connectivity index (χ0n) is 24.3. The monoisotopic (exact) mass is 574 g/mol. The topological polar surface area (TPSA) is 27.7 Å². The fraction of sp³-hybridized carbons (Fsp3) is 0. The van der Waals surface area contributed by atoms with Crippen molar-refractivity contribution >= 4 is 65.4 Å². The van der Waals surface area contributed by atoms with E-state index in [1.165, 1.54) is 49.0 Å². The van der Waals surface area contributed by atoms with E-state index in [2.05, 4.69) is 164 Å². The largest absolute Gasteiger partial charge is 0.307 e. The maximum atomic E-state index is 4.55.